The van der Waals surface area contributed by atoms with Crippen LogP contribution in [-0.4, -0.2) is 28.7 Å². The number of anilines is 1. The summed E-state index contributed by atoms with van der Waals surface area (Å²) >= 11 is 1.97. The number of aliphatic hydroxyl groups excluding tert-OH is 1. The number of hydrogen-bond acceptors (Lipinski definition) is 3. The molecule has 0 spiro atoms. The largest absolute Gasteiger partial charge is 0.392 e. The van der Waals surface area contributed by atoms with Gasteiger partial charge in [0.15, 0.2) is 0 Å². The van der Waals surface area contributed by atoms with Crippen LogP contribution in [-0.2, 0) is 6.61 Å². The van der Waals surface area contributed by atoms with Gasteiger partial charge in [0.05, 0.1) is 6.61 Å². The molecule has 2 rings (SSSR count). The van der Waals surface area contributed by atoms with E-state index in [2.05, 4.69) is 18.7 Å². The van der Waals surface area contributed by atoms with Crippen LogP contribution in [0.1, 0.15) is 19.4 Å². The summed E-state index contributed by atoms with van der Waals surface area (Å²) in [7, 11) is 0. The van der Waals surface area contributed by atoms with E-state index in [1.807, 2.05) is 17.8 Å². The Morgan fingerprint density at radius 3 is 2.53 bits per heavy atom. The first kappa shape index (κ1) is 12.7. The highest BCUT2D eigenvalue weighted by Crippen LogP contribution is 2.29. The van der Waals surface area contributed by atoms with Crippen molar-refractivity contribution in [2.75, 3.05) is 18.0 Å². The third-order valence-electron chi connectivity index (χ3n) is 2.91. The van der Waals surface area contributed by atoms with Crippen LogP contribution in [0.4, 0.5) is 10.1 Å². The van der Waals surface area contributed by atoms with Gasteiger partial charge in [-0.2, -0.15) is 11.8 Å². The maximum Gasteiger partial charge on any atom is 0.125 e. The van der Waals surface area contributed by atoms with Crippen molar-refractivity contribution in [1.29, 1.82) is 0 Å². The van der Waals surface area contributed by atoms with Crippen LogP contribution < -0.4 is 4.90 Å². The van der Waals surface area contributed by atoms with Crippen molar-refractivity contribution in [3.8, 4) is 0 Å². The molecule has 1 heterocycles. The van der Waals surface area contributed by atoms with Gasteiger partial charge in [-0.1, -0.05) is 13.8 Å². The summed E-state index contributed by atoms with van der Waals surface area (Å²) in [5.41, 5.74) is 1.52. The Morgan fingerprint density at radius 2 is 1.94 bits per heavy atom. The molecular formula is C13H18FNOS. The predicted octanol–water partition coefficient (Wildman–Crippen LogP) is 2.65. The van der Waals surface area contributed by atoms with Gasteiger partial charge < -0.3 is 10.0 Å². The maximum absolute atomic E-state index is 13.4. The second-order valence-electron chi connectivity index (χ2n) is 4.64. The second-order valence-corrected chi connectivity index (χ2v) is 6.52. The molecule has 4 heteroatoms. The summed E-state index contributed by atoms with van der Waals surface area (Å²) in [5.74, 6) is -0.273. The van der Waals surface area contributed by atoms with E-state index >= 15 is 0 Å². The summed E-state index contributed by atoms with van der Waals surface area (Å²) in [4.78, 5) is 2.20. The highest BCUT2D eigenvalue weighted by molar-refractivity contribution is 8.00. The van der Waals surface area contributed by atoms with Crippen LogP contribution in [0.25, 0.3) is 0 Å². The fourth-order valence-electron chi connectivity index (χ4n) is 2.30. The Hall–Kier alpha value is -0.740. The molecule has 1 aliphatic heterocycles. The highest BCUT2D eigenvalue weighted by atomic mass is 32.2. The lowest BCUT2D eigenvalue weighted by atomic mass is 10.1. The van der Waals surface area contributed by atoms with E-state index in [1.54, 1.807) is 6.07 Å². The monoisotopic (exact) mass is 255 g/mol. The van der Waals surface area contributed by atoms with Crippen LogP contribution in [0.5, 0.6) is 0 Å². The minimum absolute atomic E-state index is 0.113. The van der Waals surface area contributed by atoms with Crippen molar-refractivity contribution in [1.82, 2.24) is 0 Å². The molecule has 2 unspecified atom stereocenters. The van der Waals surface area contributed by atoms with E-state index in [-0.39, 0.29) is 12.4 Å². The van der Waals surface area contributed by atoms with Crippen LogP contribution in [0.2, 0.25) is 0 Å². The molecule has 94 valence electrons. The van der Waals surface area contributed by atoms with E-state index in [4.69, 9.17) is 5.11 Å². The van der Waals surface area contributed by atoms with E-state index < -0.39 is 0 Å². The first-order chi connectivity index (χ1) is 8.08. The van der Waals surface area contributed by atoms with Crippen LogP contribution in [0.3, 0.4) is 0 Å². The average Bonchev–Trinajstić information content (AvgIpc) is 2.26. The molecule has 0 bridgehead atoms. The molecule has 1 aromatic rings. The molecule has 0 aliphatic carbocycles. The Balaban J connectivity index is 2.23. The van der Waals surface area contributed by atoms with Crippen LogP contribution >= 0.6 is 11.8 Å². The zero-order chi connectivity index (χ0) is 12.4. The molecule has 17 heavy (non-hydrogen) atoms. The second kappa shape index (κ2) is 5.27. The maximum atomic E-state index is 13.4. The van der Waals surface area contributed by atoms with Crippen molar-refractivity contribution >= 4 is 17.4 Å². The van der Waals surface area contributed by atoms with Gasteiger partial charge in [-0.05, 0) is 23.8 Å². The lowest BCUT2D eigenvalue weighted by molar-refractivity contribution is 0.281. The van der Waals surface area contributed by atoms with Crippen molar-refractivity contribution in [2.24, 2.45) is 0 Å². The van der Waals surface area contributed by atoms with Gasteiger partial charge in [-0.25, -0.2) is 4.39 Å². The van der Waals surface area contributed by atoms with Crippen molar-refractivity contribution in [3.63, 3.8) is 0 Å². The molecule has 2 atom stereocenters. The van der Waals surface area contributed by atoms with Gasteiger partial charge in [-0.3, -0.25) is 0 Å². The summed E-state index contributed by atoms with van der Waals surface area (Å²) in [6, 6.07) is 4.81. The number of nitrogens with zero attached hydrogens (tertiary/aromatic N) is 1. The topological polar surface area (TPSA) is 23.5 Å². The molecule has 0 aromatic heterocycles. The fraction of sp³-hybridized carbons (Fsp3) is 0.538. The highest BCUT2D eigenvalue weighted by Gasteiger charge is 2.22. The molecule has 0 saturated carbocycles. The van der Waals surface area contributed by atoms with E-state index in [1.165, 1.54) is 6.07 Å². The van der Waals surface area contributed by atoms with E-state index in [9.17, 15) is 4.39 Å². The standard InChI is InChI=1S/C13H18FNOS/c1-9-6-15(7-10(2)17-9)13-4-11(8-16)3-12(14)5-13/h3-5,9-10,16H,6-8H2,1-2H3. The number of benzene rings is 1. The van der Waals surface area contributed by atoms with Crippen LogP contribution in [0.15, 0.2) is 18.2 Å². The minimum atomic E-state index is -0.273. The smallest absolute Gasteiger partial charge is 0.125 e. The Labute approximate surface area is 106 Å². The lowest BCUT2D eigenvalue weighted by Gasteiger charge is -2.36. The van der Waals surface area contributed by atoms with Gasteiger partial charge in [0.2, 0.25) is 0 Å². The zero-order valence-corrected chi connectivity index (χ0v) is 11.0. The SMILES string of the molecule is CC1CN(c2cc(F)cc(CO)c2)CC(C)S1. The Bertz CT molecular complexity index is 389. The lowest BCUT2D eigenvalue weighted by Crippen LogP contribution is -2.40. The molecule has 0 radical (unpaired) electrons. The third-order valence-corrected chi connectivity index (χ3v) is 4.14. The molecule has 1 saturated heterocycles. The molecule has 1 aromatic carbocycles. The summed E-state index contributed by atoms with van der Waals surface area (Å²) in [5, 5.41) is 10.2. The molecule has 0 amide bonds. The zero-order valence-electron chi connectivity index (χ0n) is 10.2. The number of thioether (sulfide) groups is 1. The summed E-state index contributed by atoms with van der Waals surface area (Å²) in [6.07, 6.45) is 0. The van der Waals surface area contributed by atoms with E-state index in [0.717, 1.165) is 18.8 Å². The normalized spacial score (nSPS) is 25.1. The summed E-state index contributed by atoms with van der Waals surface area (Å²) in [6.45, 7) is 6.14. The van der Waals surface area contributed by atoms with Crippen molar-refractivity contribution in [3.05, 3.63) is 29.6 Å². The third kappa shape index (κ3) is 3.13. The molecule has 1 fully saturated rings. The Morgan fingerprint density at radius 1 is 1.29 bits per heavy atom. The van der Waals surface area contributed by atoms with Gasteiger partial charge in [-0.15, -0.1) is 0 Å². The Kier molecular flexibility index (Phi) is 3.94. The van der Waals surface area contributed by atoms with Gasteiger partial charge in [0.25, 0.3) is 0 Å². The van der Waals surface area contributed by atoms with Gasteiger partial charge >= 0.3 is 0 Å². The van der Waals surface area contributed by atoms with Gasteiger partial charge in [0, 0.05) is 29.3 Å². The van der Waals surface area contributed by atoms with Crippen molar-refractivity contribution < 1.29 is 9.50 Å². The van der Waals surface area contributed by atoms with Gasteiger partial charge in [0.1, 0.15) is 5.82 Å². The number of hydrogen-bond donors (Lipinski definition) is 1. The number of rotatable bonds is 2. The molecular weight excluding hydrogens is 237 g/mol. The number of halogens is 1. The predicted molar refractivity (Wildman–Crippen MR) is 71.1 cm³/mol. The molecule has 1 aliphatic rings. The first-order valence-corrected chi connectivity index (χ1v) is 6.83. The molecule has 1 N–H and O–H groups in total. The number of aliphatic hydroxyl groups is 1. The van der Waals surface area contributed by atoms with E-state index in [0.29, 0.717) is 16.1 Å². The quantitative estimate of drug-likeness (QED) is 0.879. The van der Waals surface area contributed by atoms with Crippen LogP contribution in [0, 0.1) is 5.82 Å². The molecule has 2 nitrogen and oxygen atoms in total. The summed E-state index contributed by atoms with van der Waals surface area (Å²) < 4.78 is 13.4. The fourth-order valence-corrected chi connectivity index (χ4v) is 3.62. The first-order valence-electron chi connectivity index (χ1n) is 5.89. The minimum Gasteiger partial charge on any atom is -0.392 e. The van der Waals surface area contributed by atoms with Crippen molar-refractivity contribution in [2.45, 2.75) is 31.0 Å². The average molecular weight is 255 g/mol.